The molecule has 1 aromatic heterocycles. The maximum atomic E-state index is 12.4. The van der Waals surface area contributed by atoms with Gasteiger partial charge < -0.3 is 0 Å². The van der Waals surface area contributed by atoms with Crippen LogP contribution < -0.4 is 5.32 Å². The van der Waals surface area contributed by atoms with Crippen LogP contribution in [0.15, 0.2) is 33.5 Å². The van der Waals surface area contributed by atoms with Gasteiger partial charge in [-0.3, -0.25) is 10.1 Å². The van der Waals surface area contributed by atoms with Crippen molar-refractivity contribution in [1.82, 2.24) is 10.2 Å². The molecule has 0 spiro atoms. The van der Waals surface area contributed by atoms with Gasteiger partial charge in [-0.05, 0) is 17.9 Å². The third-order valence-electron chi connectivity index (χ3n) is 2.39. The Morgan fingerprint density at radius 1 is 1.33 bits per heavy atom. The summed E-state index contributed by atoms with van der Waals surface area (Å²) in [6.45, 7) is 6.28. The molecule has 1 aromatic carbocycles. The number of rotatable bonds is 6. The van der Waals surface area contributed by atoms with Crippen molar-refractivity contribution in [2.45, 2.75) is 35.3 Å². The molecule has 7 heteroatoms. The van der Waals surface area contributed by atoms with Gasteiger partial charge >= 0.3 is 0 Å². The number of aromatic nitrogens is 2. The molecule has 0 radical (unpaired) electrons. The zero-order chi connectivity index (χ0) is 15.2. The molecule has 0 unspecified atom stereocenters. The summed E-state index contributed by atoms with van der Waals surface area (Å²) in [5.74, 6) is 0.805. The summed E-state index contributed by atoms with van der Waals surface area (Å²) in [6.07, 6.45) is 0. The number of anilines is 1. The van der Waals surface area contributed by atoms with E-state index in [1.165, 1.54) is 11.3 Å². The lowest BCUT2D eigenvalue weighted by Gasteiger charge is -2.10. The number of hydrogen-bond donors (Lipinski definition) is 1. The van der Waals surface area contributed by atoms with Crippen molar-refractivity contribution in [3.8, 4) is 0 Å². The molecule has 0 fully saturated rings. The SMILES string of the molecule is CCSc1nnc(NC(=O)c2ccccc2SC(C)C)s1. The van der Waals surface area contributed by atoms with E-state index in [0.717, 1.165) is 15.0 Å². The summed E-state index contributed by atoms with van der Waals surface area (Å²) in [6, 6.07) is 7.63. The molecular formula is C14H17N3OS3. The second kappa shape index (κ2) is 7.82. The predicted molar refractivity (Wildman–Crippen MR) is 91.7 cm³/mol. The first-order chi connectivity index (χ1) is 10.1. The molecule has 2 rings (SSSR count). The lowest BCUT2D eigenvalue weighted by molar-refractivity contribution is 0.102. The van der Waals surface area contributed by atoms with Gasteiger partial charge in [-0.25, -0.2) is 0 Å². The Bertz CT molecular complexity index is 613. The Morgan fingerprint density at radius 3 is 2.81 bits per heavy atom. The fourth-order valence-electron chi connectivity index (χ4n) is 1.62. The van der Waals surface area contributed by atoms with E-state index in [1.807, 2.05) is 24.3 Å². The van der Waals surface area contributed by atoms with E-state index < -0.39 is 0 Å². The third-order valence-corrected chi connectivity index (χ3v) is 5.32. The topological polar surface area (TPSA) is 54.9 Å². The van der Waals surface area contributed by atoms with Gasteiger partial charge in [-0.15, -0.1) is 22.0 Å². The summed E-state index contributed by atoms with van der Waals surface area (Å²) in [4.78, 5) is 13.4. The fourth-order valence-corrected chi connectivity index (χ4v) is 4.21. The molecule has 1 amide bonds. The largest absolute Gasteiger partial charge is 0.296 e. The van der Waals surface area contributed by atoms with Gasteiger partial charge in [0.25, 0.3) is 5.91 Å². The van der Waals surface area contributed by atoms with E-state index in [1.54, 1.807) is 23.5 Å². The maximum Gasteiger partial charge on any atom is 0.258 e. The van der Waals surface area contributed by atoms with Crippen molar-refractivity contribution in [2.24, 2.45) is 0 Å². The van der Waals surface area contributed by atoms with Crippen LogP contribution in [0.3, 0.4) is 0 Å². The quantitative estimate of drug-likeness (QED) is 0.624. The first-order valence-electron chi connectivity index (χ1n) is 6.63. The molecule has 2 aromatic rings. The molecule has 0 aliphatic heterocycles. The minimum atomic E-state index is -0.136. The molecule has 0 aliphatic rings. The average molecular weight is 340 g/mol. The molecule has 0 bridgehead atoms. The van der Waals surface area contributed by atoms with Crippen molar-refractivity contribution >= 4 is 45.9 Å². The second-order valence-electron chi connectivity index (χ2n) is 4.42. The minimum Gasteiger partial charge on any atom is -0.296 e. The molecule has 0 atom stereocenters. The highest BCUT2D eigenvalue weighted by Crippen LogP contribution is 2.28. The highest BCUT2D eigenvalue weighted by atomic mass is 32.2. The number of amides is 1. The molecule has 112 valence electrons. The van der Waals surface area contributed by atoms with Gasteiger partial charge in [-0.1, -0.05) is 56.0 Å². The van der Waals surface area contributed by atoms with Crippen LogP contribution in [-0.2, 0) is 0 Å². The Hall–Kier alpha value is -1.05. The summed E-state index contributed by atoms with van der Waals surface area (Å²) >= 11 is 4.70. The molecule has 0 saturated carbocycles. The van der Waals surface area contributed by atoms with Crippen LogP contribution in [-0.4, -0.2) is 27.1 Å². The van der Waals surface area contributed by atoms with Crippen molar-refractivity contribution in [3.05, 3.63) is 29.8 Å². The summed E-state index contributed by atoms with van der Waals surface area (Å²) in [5.41, 5.74) is 0.677. The molecule has 1 heterocycles. The van der Waals surface area contributed by atoms with Crippen LogP contribution in [0.1, 0.15) is 31.1 Å². The van der Waals surface area contributed by atoms with E-state index >= 15 is 0 Å². The van der Waals surface area contributed by atoms with Gasteiger partial charge in [0, 0.05) is 10.1 Å². The van der Waals surface area contributed by atoms with E-state index in [9.17, 15) is 4.79 Å². The number of thioether (sulfide) groups is 2. The number of benzene rings is 1. The Morgan fingerprint density at radius 2 is 2.10 bits per heavy atom. The Labute approximate surface area is 137 Å². The highest BCUT2D eigenvalue weighted by Gasteiger charge is 2.14. The first-order valence-corrected chi connectivity index (χ1v) is 9.31. The first kappa shape index (κ1) is 16.3. The van der Waals surface area contributed by atoms with Crippen LogP contribution >= 0.6 is 34.9 Å². The van der Waals surface area contributed by atoms with Crippen LogP contribution in [0.5, 0.6) is 0 Å². The minimum absolute atomic E-state index is 0.136. The number of nitrogens with zero attached hydrogens (tertiary/aromatic N) is 2. The fraction of sp³-hybridized carbons (Fsp3) is 0.357. The monoisotopic (exact) mass is 339 g/mol. The normalized spacial score (nSPS) is 10.9. The maximum absolute atomic E-state index is 12.4. The van der Waals surface area contributed by atoms with Gasteiger partial charge in [-0.2, -0.15) is 0 Å². The molecular weight excluding hydrogens is 322 g/mol. The smallest absolute Gasteiger partial charge is 0.258 e. The third kappa shape index (κ3) is 4.72. The molecule has 0 aliphatic carbocycles. The molecule has 0 saturated heterocycles. The second-order valence-corrected chi connectivity index (χ2v) is 8.53. The summed E-state index contributed by atoms with van der Waals surface area (Å²) < 4.78 is 0.873. The van der Waals surface area contributed by atoms with E-state index in [0.29, 0.717) is 15.9 Å². The van der Waals surface area contributed by atoms with E-state index in [2.05, 4.69) is 36.3 Å². The predicted octanol–water partition coefficient (Wildman–Crippen LogP) is 4.40. The van der Waals surface area contributed by atoms with Crippen molar-refractivity contribution in [2.75, 3.05) is 11.1 Å². The van der Waals surface area contributed by atoms with Crippen LogP contribution in [0.25, 0.3) is 0 Å². The Balaban J connectivity index is 2.12. The summed E-state index contributed by atoms with van der Waals surface area (Å²) in [7, 11) is 0. The standard InChI is InChI=1S/C14H17N3OS3/c1-4-19-14-17-16-13(21-14)15-12(18)10-7-5-6-8-11(10)20-9(2)3/h5-9H,4H2,1-3H3,(H,15,16,18). The average Bonchev–Trinajstić information content (AvgIpc) is 2.86. The van der Waals surface area contributed by atoms with E-state index in [-0.39, 0.29) is 5.91 Å². The van der Waals surface area contributed by atoms with Gasteiger partial charge in [0.2, 0.25) is 5.13 Å². The van der Waals surface area contributed by atoms with Crippen LogP contribution in [0, 0.1) is 0 Å². The van der Waals surface area contributed by atoms with Crippen LogP contribution in [0.2, 0.25) is 0 Å². The number of nitrogens with one attached hydrogen (secondary N) is 1. The summed E-state index contributed by atoms with van der Waals surface area (Å²) in [5, 5.41) is 11.8. The molecule has 21 heavy (non-hydrogen) atoms. The van der Waals surface area contributed by atoms with Gasteiger partial charge in [0.1, 0.15) is 0 Å². The van der Waals surface area contributed by atoms with Crippen molar-refractivity contribution in [1.29, 1.82) is 0 Å². The zero-order valence-corrected chi connectivity index (χ0v) is 14.6. The van der Waals surface area contributed by atoms with Gasteiger partial charge in [0.05, 0.1) is 5.56 Å². The Kier molecular flexibility index (Phi) is 6.08. The number of carbonyl (C=O) groups is 1. The zero-order valence-electron chi connectivity index (χ0n) is 12.1. The lowest BCUT2D eigenvalue weighted by Crippen LogP contribution is -2.13. The van der Waals surface area contributed by atoms with Gasteiger partial charge in [0.15, 0.2) is 4.34 Å². The van der Waals surface area contributed by atoms with Crippen molar-refractivity contribution < 1.29 is 4.79 Å². The van der Waals surface area contributed by atoms with Crippen molar-refractivity contribution in [3.63, 3.8) is 0 Å². The number of carbonyl (C=O) groups excluding carboxylic acids is 1. The molecule has 4 nitrogen and oxygen atoms in total. The highest BCUT2D eigenvalue weighted by molar-refractivity contribution is 8.01. The van der Waals surface area contributed by atoms with Crippen LogP contribution in [0.4, 0.5) is 5.13 Å². The lowest BCUT2D eigenvalue weighted by atomic mass is 10.2. The molecule has 1 N–H and O–H groups in total. The van der Waals surface area contributed by atoms with E-state index in [4.69, 9.17) is 0 Å². The number of hydrogen-bond acceptors (Lipinski definition) is 6.